The maximum atomic E-state index is 12.5. The lowest BCUT2D eigenvalue weighted by atomic mass is 9.96. The van der Waals surface area contributed by atoms with E-state index in [4.69, 9.17) is 0 Å². The van der Waals surface area contributed by atoms with E-state index in [9.17, 15) is 9.59 Å². The number of quaternary nitrogens is 1. The van der Waals surface area contributed by atoms with Gasteiger partial charge in [-0.3, -0.25) is 4.79 Å². The van der Waals surface area contributed by atoms with E-state index in [2.05, 4.69) is 27.3 Å². The minimum atomic E-state index is -0.677. The molecule has 2 fully saturated rings. The molecular weight excluding hydrogens is 354 g/mol. The molecule has 0 radical (unpaired) electrons. The monoisotopic (exact) mass is 372 g/mol. The number of carbonyl (C=O) groups excluding carboxylic acids is 2. The fourth-order valence-electron chi connectivity index (χ4n) is 2.87. The van der Waals surface area contributed by atoms with Crippen molar-refractivity contribution in [3.05, 3.63) is 20.8 Å². The highest BCUT2D eigenvalue weighted by Gasteiger charge is 2.56. The van der Waals surface area contributed by atoms with Gasteiger partial charge in [-0.15, -0.1) is 11.3 Å². The van der Waals surface area contributed by atoms with Crippen LogP contribution < -0.4 is 10.2 Å². The summed E-state index contributed by atoms with van der Waals surface area (Å²) in [6.45, 7) is 3.06. The topological polar surface area (TPSA) is 53.9 Å². The van der Waals surface area contributed by atoms with Crippen molar-refractivity contribution in [2.45, 2.75) is 31.8 Å². The van der Waals surface area contributed by atoms with Gasteiger partial charge in [0.2, 0.25) is 0 Å². The molecule has 0 spiro atoms. The zero-order valence-corrected chi connectivity index (χ0v) is 14.5. The first kappa shape index (κ1) is 15.0. The van der Waals surface area contributed by atoms with Crippen LogP contribution in [-0.2, 0) is 11.3 Å². The Morgan fingerprint density at radius 1 is 1.48 bits per heavy atom. The summed E-state index contributed by atoms with van der Waals surface area (Å²) in [5.74, 6) is 0.245. The highest BCUT2D eigenvalue weighted by molar-refractivity contribution is 9.11. The lowest BCUT2D eigenvalue weighted by Gasteiger charge is -2.22. The Kier molecular flexibility index (Phi) is 3.83. The predicted molar refractivity (Wildman–Crippen MR) is 84.0 cm³/mol. The molecular formula is C14H19BrN3O2S+. The molecule has 1 aliphatic heterocycles. The molecule has 7 heteroatoms. The summed E-state index contributed by atoms with van der Waals surface area (Å²) in [4.78, 5) is 28.4. The van der Waals surface area contributed by atoms with Gasteiger partial charge in [-0.25, -0.2) is 9.69 Å². The third kappa shape index (κ3) is 2.86. The summed E-state index contributed by atoms with van der Waals surface area (Å²) in [6, 6.07) is 3.84. The highest BCUT2D eigenvalue weighted by atomic mass is 79.9. The molecule has 2 N–H and O–H groups in total. The molecule has 1 unspecified atom stereocenters. The number of halogens is 1. The molecule has 114 valence electrons. The van der Waals surface area contributed by atoms with Crippen LogP contribution >= 0.6 is 27.3 Å². The van der Waals surface area contributed by atoms with Gasteiger partial charge < -0.3 is 10.2 Å². The van der Waals surface area contributed by atoms with E-state index < -0.39 is 5.54 Å². The molecule has 3 rings (SSSR count). The number of rotatable bonds is 5. The zero-order valence-electron chi connectivity index (χ0n) is 12.1. The Hall–Kier alpha value is -0.920. The average Bonchev–Trinajstić information content (AvgIpc) is 3.16. The molecule has 2 aliphatic rings. The Balaban J connectivity index is 1.64. The lowest BCUT2D eigenvalue weighted by molar-refractivity contribution is -0.900. The van der Waals surface area contributed by atoms with Crippen molar-refractivity contribution < 1.29 is 14.5 Å². The van der Waals surface area contributed by atoms with Gasteiger partial charge in [-0.05, 0) is 53.7 Å². The molecule has 0 bridgehead atoms. The van der Waals surface area contributed by atoms with Crippen molar-refractivity contribution in [2.24, 2.45) is 5.92 Å². The minimum absolute atomic E-state index is 0.0679. The quantitative estimate of drug-likeness (QED) is 0.763. The number of nitrogens with zero attached hydrogens (tertiary/aromatic N) is 1. The number of carbonyl (C=O) groups is 2. The maximum absolute atomic E-state index is 12.5. The van der Waals surface area contributed by atoms with Crippen LogP contribution in [0.1, 0.15) is 24.6 Å². The van der Waals surface area contributed by atoms with Gasteiger partial charge in [0.1, 0.15) is 12.1 Å². The van der Waals surface area contributed by atoms with E-state index in [1.54, 1.807) is 11.3 Å². The average molecular weight is 373 g/mol. The van der Waals surface area contributed by atoms with E-state index in [1.165, 1.54) is 9.78 Å². The Bertz CT molecular complexity index is 587. The maximum Gasteiger partial charge on any atom is 0.329 e. The normalized spacial score (nSPS) is 27.1. The van der Waals surface area contributed by atoms with Gasteiger partial charge in [0.05, 0.1) is 15.7 Å². The molecule has 1 aromatic heterocycles. The standard InChI is InChI=1S/C14H18BrN3O2S/c1-14(9-3-4-9)12(19)18(13(20)16-14)8-17(2)7-10-5-6-11(15)21-10/h5-6,9H,3-4,7-8H2,1-2H3,(H,16,20)/p+1/t14-/m1/s1. The molecule has 2 heterocycles. The summed E-state index contributed by atoms with van der Waals surface area (Å²) in [5.41, 5.74) is -0.677. The van der Waals surface area contributed by atoms with Crippen LogP contribution in [-0.4, -0.2) is 36.1 Å². The number of thiophene rings is 1. The SMILES string of the molecule is C[NH+](Cc1ccc(Br)s1)CN1C(=O)N[C@](C)(C2CC2)C1=O. The van der Waals surface area contributed by atoms with E-state index in [0.717, 1.165) is 28.1 Å². The van der Waals surface area contributed by atoms with E-state index in [0.29, 0.717) is 12.6 Å². The number of hydrogen-bond acceptors (Lipinski definition) is 3. The molecule has 21 heavy (non-hydrogen) atoms. The fraction of sp³-hybridized carbons (Fsp3) is 0.571. The third-order valence-corrected chi connectivity index (χ3v) is 5.85. The van der Waals surface area contributed by atoms with Crippen LogP contribution in [0.2, 0.25) is 0 Å². The zero-order chi connectivity index (χ0) is 15.2. The second-order valence-corrected chi connectivity index (χ2v) is 8.69. The van der Waals surface area contributed by atoms with Crippen molar-refractivity contribution in [2.75, 3.05) is 13.7 Å². The van der Waals surface area contributed by atoms with Gasteiger partial charge in [0, 0.05) is 0 Å². The molecule has 1 saturated heterocycles. The number of urea groups is 1. The molecule has 2 atom stereocenters. The second-order valence-electron chi connectivity index (χ2n) is 6.14. The van der Waals surface area contributed by atoms with Crippen molar-refractivity contribution in [3.8, 4) is 0 Å². The van der Waals surface area contributed by atoms with E-state index >= 15 is 0 Å². The number of amides is 3. The summed E-state index contributed by atoms with van der Waals surface area (Å²) in [5, 5.41) is 2.88. The third-order valence-electron chi connectivity index (χ3n) is 4.23. The van der Waals surface area contributed by atoms with Crippen molar-refractivity contribution >= 4 is 39.2 Å². The molecule has 3 amide bonds. The molecule has 1 aromatic rings. The van der Waals surface area contributed by atoms with Crippen LogP contribution in [0, 0.1) is 5.92 Å². The van der Waals surface area contributed by atoms with Gasteiger partial charge in [-0.1, -0.05) is 0 Å². The first-order valence-electron chi connectivity index (χ1n) is 7.10. The Morgan fingerprint density at radius 3 is 2.76 bits per heavy atom. The smallest absolute Gasteiger partial charge is 0.323 e. The first-order valence-corrected chi connectivity index (χ1v) is 8.70. The van der Waals surface area contributed by atoms with Crippen LogP contribution in [0.3, 0.4) is 0 Å². The Labute approximate surface area is 136 Å². The fourth-order valence-corrected chi connectivity index (χ4v) is 4.46. The highest BCUT2D eigenvalue weighted by Crippen LogP contribution is 2.42. The summed E-state index contributed by atoms with van der Waals surface area (Å²) >= 11 is 5.13. The summed E-state index contributed by atoms with van der Waals surface area (Å²) in [6.07, 6.45) is 2.06. The van der Waals surface area contributed by atoms with Gasteiger partial charge in [0.25, 0.3) is 5.91 Å². The molecule has 0 aromatic carbocycles. The minimum Gasteiger partial charge on any atom is -0.323 e. The molecule has 5 nitrogen and oxygen atoms in total. The van der Waals surface area contributed by atoms with Crippen LogP contribution in [0.15, 0.2) is 15.9 Å². The van der Waals surface area contributed by atoms with Crippen LogP contribution in [0.4, 0.5) is 4.79 Å². The van der Waals surface area contributed by atoms with Gasteiger partial charge >= 0.3 is 6.03 Å². The van der Waals surface area contributed by atoms with Crippen molar-refractivity contribution in [1.29, 1.82) is 0 Å². The van der Waals surface area contributed by atoms with Gasteiger partial charge in [0.15, 0.2) is 6.67 Å². The van der Waals surface area contributed by atoms with Crippen molar-refractivity contribution in [1.82, 2.24) is 10.2 Å². The predicted octanol–water partition coefficient (Wildman–Crippen LogP) is 1.20. The summed E-state index contributed by atoms with van der Waals surface area (Å²) in [7, 11) is 2.00. The lowest BCUT2D eigenvalue weighted by Crippen LogP contribution is -3.09. The second kappa shape index (κ2) is 5.37. The van der Waals surface area contributed by atoms with Crippen LogP contribution in [0.5, 0.6) is 0 Å². The van der Waals surface area contributed by atoms with Crippen molar-refractivity contribution in [3.63, 3.8) is 0 Å². The van der Waals surface area contributed by atoms with E-state index in [1.807, 2.05) is 20.0 Å². The summed E-state index contributed by atoms with van der Waals surface area (Å²) < 4.78 is 1.10. The largest absolute Gasteiger partial charge is 0.329 e. The van der Waals surface area contributed by atoms with Crippen LogP contribution in [0.25, 0.3) is 0 Å². The van der Waals surface area contributed by atoms with Gasteiger partial charge in [-0.2, -0.15) is 0 Å². The van der Waals surface area contributed by atoms with E-state index in [-0.39, 0.29) is 11.9 Å². The number of nitrogens with one attached hydrogen (secondary N) is 2. The number of imide groups is 1. The Morgan fingerprint density at radius 2 is 2.19 bits per heavy atom. The first-order chi connectivity index (χ1) is 9.90. The molecule has 1 saturated carbocycles. The molecule has 1 aliphatic carbocycles. The number of hydrogen-bond donors (Lipinski definition) is 2.